The summed E-state index contributed by atoms with van der Waals surface area (Å²) in [6.45, 7) is 3.83. The molecule has 1 saturated heterocycles. The molecule has 2 N–H and O–H groups in total. The number of H-pyrrole nitrogens is 1. The van der Waals surface area contributed by atoms with Crippen LogP contribution in [0.4, 0.5) is 5.82 Å². The fraction of sp³-hybridized carbons (Fsp3) is 0.286. The van der Waals surface area contributed by atoms with Crippen molar-refractivity contribution < 1.29 is 0 Å². The zero-order valence-corrected chi connectivity index (χ0v) is 11.5. The van der Waals surface area contributed by atoms with Crippen LogP contribution >= 0.6 is 0 Å². The van der Waals surface area contributed by atoms with E-state index in [4.69, 9.17) is 0 Å². The largest absolute Gasteiger partial charge is 0.353 e. The van der Waals surface area contributed by atoms with E-state index in [2.05, 4.69) is 35.6 Å². The van der Waals surface area contributed by atoms with Crippen molar-refractivity contribution in [1.29, 1.82) is 0 Å². The van der Waals surface area contributed by atoms with Crippen LogP contribution in [0.3, 0.4) is 0 Å². The van der Waals surface area contributed by atoms with Gasteiger partial charge in [-0.05, 0) is 18.2 Å². The van der Waals surface area contributed by atoms with Crippen LogP contribution in [0.2, 0.25) is 0 Å². The molecule has 1 fully saturated rings. The molecule has 3 aromatic rings. The minimum atomic E-state index is 0.647. The topological polar surface area (TPSA) is 82.6 Å². The lowest BCUT2D eigenvalue weighted by Gasteiger charge is -2.28. The molecule has 0 spiro atoms. The molecule has 4 rings (SSSR count). The number of piperazine rings is 1. The molecule has 106 valence electrons. The van der Waals surface area contributed by atoms with Crippen molar-refractivity contribution in [2.24, 2.45) is 0 Å². The Morgan fingerprint density at radius 2 is 2.00 bits per heavy atom. The van der Waals surface area contributed by atoms with Crippen molar-refractivity contribution in [3.8, 4) is 11.4 Å². The van der Waals surface area contributed by atoms with Gasteiger partial charge in [0.05, 0.1) is 17.9 Å². The van der Waals surface area contributed by atoms with E-state index in [1.165, 1.54) is 0 Å². The van der Waals surface area contributed by atoms with E-state index in [0.29, 0.717) is 5.82 Å². The minimum absolute atomic E-state index is 0.647. The Morgan fingerprint density at radius 3 is 2.90 bits per heavy atom. The average molecular weight is 281 g/mol. The summed E-state index contributed by atoms with van der Waals surface area (Å²) in [6, 6.07) is 6.00. The van der Waals surface area contributed by atoms with Crippen molar-refractivity contribution in [2.75, 3.05) is 31.1 Å². The number of nitrogens with zero attached hydrogens (tertiary/aromatic N) is 5. The van der Waals surface area contributed by atoms with Gasteiger partial charge in [-0.15, -0.1) is 5.10 Å². The quantitative estimate of drug-likeness (QED) is 0.724. The van der Waals surface area contributed by atoms with E-state index < -0.39 is 0 Å². The molecule has 7 nitrogen and oxygen atoms in total. The van der Waals surface area contributed by atoms with Crippen LogP contribution in [-0.2, 0) is 0 Å². The van der Waals surface area contributed by atoms with Crippen LogP contribution in [0, 0.1) is 0 Å². The SMILES string of the molecule is c1cc2[nH]ncc2cc1-c1nncc(N2CCNCC2)n1. The highest BCUT2D eigenvalue weighted by atomic mass is 15.3. The molecule has 0 saturated carbocycles. The van der Waals surface area contributed by atoms with E-state index in [1.807, 2.05) is 18.2 Å². The summed E-state index contributed by atoms with van der Waals surface area (Å²) in [5.74, 6) is 1.53. The minimum Gasteiger partial charge on any atom is -0.353 e. The van der Waals surface area contributed by atoms with Gasteiger partial charge in [-0.25, -0.2) is 4.98 Å². The Labute approximate surface area is 121 Å². The smallest absolute Gasteiger partial charge is 0.183 e. The van der Waals surface area contributed by atoms with E-state index in [9.17, 15) is 0 Å². The van der Waals surface area contributed by atoms with Crippen LogP contribution in [0.25, 0.3) is 22.3 Å². The zero-order chi connectivity index (χ0) is 14.1. The first kappa shape index (κ1) is 12.2. The lowest BCUT2D eigenvalue weighted by Crippen LogP contribution is -2.44. The van der Waals surface area contributed by atoms with Crippen LogP contribution in [0.5, 0.6) is 0 Å². The zero-order valence-electron chi connectivity index (χ0n) is 11.5. The molecule has 0 radical (unpaired) electrons. The lowest BCUT2D eigenvalue weighted by molar-refractivity contribution is 0.583. The highest BCUT2D eigenvalue weighted by Gasteiger charge is 2.13. The average Bonchev–Trinajstić information content (AvgIpc) is 3.03. The van der Waals surface area contributed by atoms with E-state index in [0.717, 1.165) is 48.5 Å². The monoisotopic (exact) mass is 281 g/mol. The fourth-order valence-corrected chi connectivity index (χ4v) is 2.55. The maximum atomic E-state index is 4.65. The normalized spacial score (nSPS) is 15.5. The second-order valence-corrected chi connectivity index (χ2v) is 5.05. The third-order valence-corrected chi connectivity index (χ3v) is 3.69. The first-order chi connectivity index (χ1) is 10.4. The first-order valence-electron chi connectivity index (χ1n) is 6.99. The van der Waals surface area contributed by atoms with Crippen LogP contribution in [0.15, 0.2) is 30.6 Å². The maximum absolute atomic E-state index is 4.65. The molecule has 2 aromatic heterocycles. The molecule has 1 aromatic carbocycles. The number of anilines is 1. The molecule has 0 amide bonds. The summed E-state index contributed by atoms with van der Waals surface area (Å²) in [5, 5.41) is 19.6. The van der Waals surface area contributed by atoms with E-state index >= 15 is 0 Å². The number of hydrogen-bond donors (Lipinski definition) is 2. The highest BCUT2D eigenvalue weighted by Crippen LogP contribution is 2.21. The number of aromatic amines is 1. The fourth-order valence-electron chi connectivity index (χ4n) is 2.55. The molecule has 7 heteroatoms. The molecule has 3 heterocycles. The predicted molar refractivity (Wildman–Crippen MR) is 80.0 cm³/mol. The van der Waals surface area contributed by atoms with Gasteiger partial charge in [-0.3, -0.25) is 5.10 Å². The molecular formula is C14H15N7. The maximum Gasteiger partial charge on any atom is 0.183 e. The Hall–Kier alpha value is -2.54. The third-order valence-electron chi connectivity index (χ3n) is 3.69. The molecule has 21 heavy (non-hydrogen) atoms. The van der Waals surface area contributed by atoms with Gasteiger partial charge in [0.15, 0.2) is 11.6 Å². The summed E-state index contributed by atoms with van der Waals surface area (Å²) < 4.78 is 0. The van der Waals surface area contributed by atoms with Crippen LogP contribution < -0.4 is 10.2 Å². The van der Waals surface area contributed by atoms with Gasteiger partial charge in [0.2, 0.25) is 0 Å². The van der Waals surface area contributed by atoms with Gasteiger partial charge >= 0.3 is 0 Å². The van der Waals surface area contributed by atoms with E-state index in [-0.39, 0.29) is 0 Å². The van der Waals surface area contributed by atoms with Crippen molar-refractivity contribution in [3.63, 3.8) is 0 Å². The standard InChI is InChI=1S/C14H15N7/c1-2-12-11(8-16-19-12)7-10(1)14-18-13(9-17-20-14)21-5-3-15-4-6-21/h1-2,7-9,15H,3-6H2,(H,16,19). The summed E-state index contributed by atoms with van der Waals surface area (Å²) in [7, 11) is 0. The van der Waals surface area contributed by atoms with Crippen molar-refractivity contribution in [1.82, 2.24) is 30.7 Å². The molecule has 1 aliphatic rings. The Balaban J connectivity index is 1.70. The molecule has 0 atom stereocenters. The molecule has 1 aliphatic heterocycles. The Morgan fingerprint density at radius 1 is 1.10 bits per heavy atom. The van der Waals surface area contributed by atoms with Crippen LogP contribution in [-0.4, -0.2) is 51.6 Å². The number of benzene rings is 1. The van der Waals surface area contributed by atoms with Crippen molar-refractivity contribution in [3.05, 3.63) is 30.6 Å². The molecule has 0 aliphatic carbocycles. The highest BCUT2D eigenvalue weighted by molar-refractivity contribution is 5.82. The van der Waals surface area contributed by atoms with Gasteiger partial charge in [-0.2, -0.15) is 10.2 Å². The predicted octanol–water partition coefficient (Wildman–Crippen LogP) is 0.824. The first-order valence-corrected chi connectivity index (χ1v) is 6.99. The number of rotatable bonds is 2. The van der Waals surface area contributed by atoms with Gasteiger partial charge in [-0.1, -0.05) is 0 Å². The number of fused-ring (bicyclic) bond motifs is 1. The Kier molecular flexibility index (Phi) is 2.97. The van der Waals surface area contributed by atoms with Gasteiger partial charge in [0, 0.05) is 37.1 Å². The number of nitrogens with one attached hydrogen (secondary N) is 2. The third kappa shape index (κ3) is 2.31. The summed E-state index contributed by atoms with van der Waals surface area (Å²) in [4.78, 5) is 6.88. The summed E-state index contributed by atoms with van der Waals surface area (Å²) in [5.41, 5.74) is 1.96. The summed E-state index contributed by atoms with van der Waals surface area (Å²) >= 11 is 0. The Bertz CT molecular complexity index is 761. The second kappa shape index (κ2) is 5.10. The van der Waals surface area contributed by atoms with Gasteiger partial charge in [0.25, 0.3) is 0 Å². The van der Waals surface area contributed by atoms with Crippen molar-refractivity contribution >= 4 is 16.7 Å². The lowest BCUT2D eigenvalue weighted by atomic mass is 10.1. The summed E-state index contributed by atoms with van der Waals surface area (Å²) in [6.07, 6.45) is 3.53. The van der Waals surface area contributed by atoms with E-state index in [1.54, 1.807) is 12.4 Å². The van der Waals surface area contributed by atoms with Gasteiger partial charge in [0.1, 0.15) is 0 Å². The molecule has 0 unspecified atom stereocenters. The molecular weight excluding hydrogens is 266 g/mol. The number of aromatic nitrogens is 5. The van der Waals surface area contributed by atoms with Gasteiger partial charge < -0.3 is 10.2 Å². The van der Waals surface area contributed by atoms with Crippen molar-refractivity contribution in [2.45, 2.75) is 0 Å². The number of hydrogen-bond acceptors (Lipinski definition) is 6. The second-order valence-electron chi connectivity index (χ2n) is 5.05. The van der Waals surface area contributed by atoms with Crippen LogP contribution in [0.1, 0.15) is 0 Å². The molecule has 0 bridgehead atoms.